The minimum absolute atomic E-state index is 0.210. The molecule has 0 aliphatic heterocycles. The molecule has 0 bridgehead atoms. The summed E-state index contributed by atoms with van der Waals surface area (Å²) < 4.78 is 51.8. The lowest BCUT2D eigenvalue weighted by Gasteiger charge is -2.24. The Balaban J connectivity index is 3.11. The molecule has 5 heteroatoms. The van der Waals surface area contributed by atoms with E-state index in [1.165, 1.54) is 13.0 Å². The summed E-state index contributed by atoms with van der Waals surface area (Å²) >= 11 is 0. The molecular formula is C11H13F4N. The van der Waals surface area contributed by atoms with Crippen molar-refractivity contribution in [3.8, 4) is 0 Å². The van der Waals surface area contributed by atoms with Gasteiger partial charge in [0, 0.05) is 12.0 Å². The van der Waals surface area contributed by atoms with Gasteiger partial charge in [0.05, 0.1) is 5.54 Å². The highest BCUT2D eigenvalue weighted by atomic mass is 19.3. The molecule has 0 radical (unpaired) electrons. The summed E-state index contributed by atoms with van der Waals surface area (Å²) in [5.74, 6) is -1.65. The SMILES string of the molecule is Cc1ccc(F)c(CC(C)(N)C(F)F)c1F. The van der Waals surface area contributed by atoms with Crippen LogP contribution in [0.4, 0.5) is 17.6 Å². The van der Waals surface area contributed by atoms with E-state index in [2.05, 4.69) is 0 Å². The number of rotatable bonds is 3. The smallest absolute Gasteiger partial charge is 0.256 e. The van der Waals surface area contributed by atoms with Crippen LogP contribution in [0.3, 0.4) is 0 Å². The van der Waals surface area contributed by atoms with Gasteiger partial charge < -0.3 is 5.73 Å². The zero-order valence-corrected chi connectivity index (χ0v) is 9.03. The highest BCUT2D eigenvalue weighted by Crippen LogP contribution is 2.23. The van der Waals surface area contributed by atoms with Crippen molar-refractivity contribution >= 4 is 0 Å². The number of hydrogen-bond acceptors (Lipinski definition) is 1. The van der Waals surface area contributed by atoms with Gasteiger partial charge in [0.25, 0.3) is 6.43 Å². The van der Waals surface area contributed by atoms with Crippen LogP contribution in [0.1, 0.15) is 18.1 Å². The van der Waals surface area contributed by atoms with Gasteiger partial charge in [0.1, 0.15) is 11.6 Å². The van der Waals surface area contributed by atoms with Crippen molar-refractivity contribution in [2.24, 2.45) is 5.73 Å². The molecule has 0 aliphatic rings. The minimum atomic E-state index is -2.84. The Labute approximate surface area is 91.3 Å². The first-order chi connectivity index (χ1) is 7.25. The first-order valence-corrected chi connectivity index (χ1v) is 4.76. The van der Waals surface area contributed by atoms with E-state index in [0.717, 1.165) is 13.0 Å². The summed E-state index contributed by atoms with van der Waals surface area (Å²) in [6.07, 6.45) is -3.38. The number of hydrogen-bond donors (Lipinski definition) is 1. The molecule has 1 aromatic carbocycles. The highest BCUT2D eigenvalue weighted by Gasteiger charge is 2.32. The maximum Gasteiger partial charge on any atom is 0.256 e. The standard InChI is InChI=1S/C11H13F4N/c1-6-3-4-8(12)7(9(6)13)5-11(2,16)10(14)15/h3-4,10H,5,16H2,1-2H3. The molecule has 16 heavy (non-hydrogen) atoms. The zero-order valence-electron chi connectivity index (χ0n) is 9.03. The molecule has 1 atom stereocenters. The van der Waals surface area contributed by atoms with Crippen LogP contribution in [-0.2, 0) is 6.42 Å². The van der Waals surface area contributed by atoms with Crippen molar-refractivity contribution in [2.75, 3.05) is 0 Å². The predicted octanol–water partition coefficient (Wildman–Crippen LogP) is 2.80. The van der Waals surface area contributed by atoms with Crippen LogP contribution in [0.25, 0.3) is 0 Å². The summed E-state index contributed by atoms with van der Waals surface area (Å²) in [5, 5.41) is 0. The van der Waals surface area contributed by atoms with E-state index in [9.17, 15) is 17.6 Å². The minimum Gasteiger partial charge on any atom is -0.320 e. The molecule has 1 unspecified atom stereocenters. The molecule has 1 rings (SSSR count). The molecule has 1 aromatic rings. The summed E-state index contributed by atoms with van der Waals surface area (Å²) in [4.78, 5) is 0. The van der Waals surface area contributed by atoms with E-state index in [1.54, 1.807) is 0 Å². The van der Waals surface area contributed by atoms with E-state index in [-0.39, 0.29) is 11.1 Å². The Kier molecular flexibility index (Phi) is 3.57. The second-order valence-corrected chi connectivity index (χ2v) is 4.14. The molecule has 0 saturated carbocycles. The number of halogens is 4. The second-order valence-electron chi connectivity index (χ2n) is 4.14. The van der Waals surface area contributed by atoms with Crippen LogP contribution in [0.2, 0.25) is 0 Å². The Bertz CT molecular complexity index is 388. The van der Waals surface area contributed by atoms with E-state index in [0.29, 0.717) is 0 Å². The lowest BCUT2D eigenvalue weighted by atomic mass is 9.93. The molecule has 0 aliphatic carbocycles. The molecule has 0 spiro atoms. The van der Waals surface area contributed by atoms with Gasteiger partial charge in [-0.25, -0.2) is 17.6 Å². The van der Waals surface area contributed by atoms with Gasteiger partial charge in [-0.2, -0.15) is 0 Å². The van der Waals surface area contributed by atoms with Crippen molar-refractivity contribution < 1.29 is 17.6 Å². The van der Waals surface area contributed by atoms with Gasteiger partial charge >= 0.3 is 0 Å². The van der Waals surface area contributed by atoms with Crippen molar-refractivity contribution in [1.82, 2.24) is 0 Å². The van der Waals surface area contributed by atoms with Crippen LogP contribution >= 0.6 is 0 Å². The third-order valence-corrected chi connectivity index (χ3v) is 2.44. The molecule has 0 aromatic heterocycles. The number of nitrogens with two attached hydrogens (primary N) is 1. The van der Waals surface area contributed by atoms with Crippen molar-refractivity contribution in [3.63, 3.8) is 0 Å². The monoisotopic (exact) mass is 235 g/mol. The van der Waals surface area contributed by atoms with E-state index < -0.39 is 30.0 Å². The van der Waals surface area contributed by atoms with Gasteiger partial charge in [-0.1, -0.05) is 6.07 Å². The molecule has 1 nitrogen and oxygen atoms in total. The normalized spacial score (nSPS) is 15.2. The lowest BCUT2D eigenvalue weighted by molar-refractivity contribution is 0.0630. The Morgan fingerprint density at radius 1 is 1.31 bits per heavy atom. The molecule has 0 heterocycles. The lowest BCUT2D eigenvalue weighted by Crippen LogP contribution is -2.46. The topological polar surface area (TPSA) is 26.0 Å². The zero-order chi connectivity index (χ0) is 12.5. The molecule has 2 N–H and O–H groups in total. The van der Waals surface area contributed by atoms with Gasteiger partial charge in [-0.05, 0) is 25.5 Å². The molecule has 0 saturated heterocycles. The Hall–Kier alpha value is -1.10. The van der Waals surface area contributed by atoms with E-state index in [1.807, 2.05) is 0 Å². The van der Waals surface area contributed by atoms with Gasteiger partial charge in [-0.3, -0.25) is 0 Å². The first-order valence-electron chi connectivity index (χ1n) is 4.76. The summed E-state index contributed by atoms with van der Waals surface area (Å²) in [5.41, 5.74) is 3.19. The molecule has 90 valence electrons. The van der Waals surface area contributed by atoms with Gasteiger partial charge in [-0.15, -0.1) is 0 Å². The second kappa shape index (κ2) is 4.41. The quantitative estimate of drug-likeness (QED) is 0.801. The number of aryl methyl sites for hydroxylation is 1. The summed E-state index contributed by atoms with van der Waals surface area (Å²) in [7, 11) is 0. The van der Waals surface area contributed by atoms with Crippen LogP contribution in [-0.4, -0.2) is 12.0 Å². The Morgan fingerprint density at radius 3 is 2.38 bits per heavy atom. The van der Waals surface area contributed by atoms with Crippen LogP contribution in [0, 0.1) is 18.6 Å². The largest absolute Gasteiger partial charge is 0.320 e. The van der Waals surface area contributed by atoms with E-state index >= 15 is 0 Å². The van der Waals surface area contributed by atoms with E-state index in [4.69, 9.17) is 5.73 Å². The fourth-order valence-electron chi connectivity index (χ4n) is 1.33. The fourth-order valence-corrected chi connectivity index (χ4v) is 1.33. The fraction of sp³-hybridized carbons (Fsp3) is 0.455. The summed E-state index contributed by atoms with van der Waals surface area (Å²) in [6, 6.07) is 2.31. The number of benzene rings is 1. The number of alkyl halides is 2. The van der Waals surface area contributed by atoms with Gasteiger partial charge in [0.15, 0.2) is 0 Å². The van der Waals surface area contributed by atoms with Crippen molar-refractivity contribution in [1.29, 1.82) is 0 Å². The average molecular weight is 235 g/mol. The molecular weight excluding hydrogens is 222 g/mol. The van der Waals surface area contributed by atoms with Crippen LogP contribution in [0.5, 0.6) is 0 Å². The highest BCUT2D eigenvalue weighted by molar-refractivity contribution is 5.28. The first kappa shape index (κ1) is 13.0. The predicted molar refractivity (Wildman–Crippen MR) is 53.4 cm³/mol. The van der Waals surface area contributed by atoms with Gasteiger partial charge in [0.2, 0.25) is 0 Å². The maximum absolute atomic E-state index is 13.5. The average Bonchev–Trinajstić information content (AvgIpc) is 2.18. The van der Waals surface area contributed by atoms with Crippen LogP contribution in [0.15, 0.2) is 12.1 Å². The maximum atomic E-state index is 13.5. The van der Waals surface area contributed by atoms with Crippen LogP contribution < -0.4 is 5.73 Å². The van der Waals surface area contributed by atoms with Crippen molar-refractivity contribution in [2.45, 2.75) is 32.2 Å². The molecule has 0 amide bonds. The van der Waals surface area contributed by atoms with Crippen molar-refractivity contribution in [3.05, 3.63) is 34.9 Å². The third kappa shape index (κ3) is 2.52. The molecule has 0 fully saturated rings. The Morgan fingerprint density at radius 2 is 1.88 bits per heavy atom. The third-order valence-electron chi connectivity index (χ3n) is 2.44. The summed E-state index contributed by atoms with van der Waals surface area (Å²) in [6.45, 7) is 2.51.